The lowest BCUT2D eigenvalue weighted by atomic mass is 9.97. The van der Waals surface area contributed by atoms with Crippen LogP contribution in [0.3, 0.4) is 0 Å². The summed E-state index contributed by atoms with van der Waals surface area (Å²) in [5, 5.41) is 4.63. The maximum absolute atomic E-state index is 13.1. The fourth-order valence-corrected chi connectivity index (χ4v) is 4.82. The Kier molecular flexibility index (Phi) is 4.43. The average Bonchev–Trinajstić information content (AvgIpc) is 3.36. The molecule has 0 N–H and O–H groups in total. The second kappa shape index (κ2) is 7.09. The third kappa shape index (κ3) is 3.11. The molecule has 0 saturated carbocycles. The lowest BCUT2D eigenvalue weighted by Gasteiger charge is -2.25. The molecule has 2 aliphatic rings. The van der Waals surface area contributed by atoms with Crippen LogP contribution in [-0.2, 0) is 19.4 Å². The number of aryl methyl sites for hydroxylation is 2. The van der Waals surface area contributed by atoms with Crippen molar-refractivity contribution >= 4 is 28.7 Å². The van der Waals surface area contributed by atoms with E-state index in [2.05, 4.69) is 13.8 Å². The molecule has 1 fully saturated rings. The average molecular weight is 395 g/mol. The highest BCUT2D eigenvalue weighted by molar-refractivity contribution is 7.00. The van der Waals surface area contributed by atoms with E-state index in [-0.39, 0.29) is 17.5 Å². The van der Waals surface area contributed by atoms with Gasteiger partial charge in [-0.1, -0.05) is 0 Å². The van der Waals surface area contributed by atoms with Gasteiger partial charge in [-0.25, -0.2) is 4.68 Å². The summed E-state index contributed by atoms with van der Waals surface area (Å²) in [5.74, 6) is -0.0107. The molecule has 0 radical (unpaired) electrons. The van der Waals surface area contributed by atoms with Crippen molar-refractivity contribution < 1.29 is 4.79 Å². The van der Waals surface area contributed by atoms with E-state index in [1.54, 1.807) is 16.8 Å². The molecule has 3 heterocycles. The van der Waals surface area contributed by atoms with E-state index in [0.717, 1.165) is 72.5 Å². The number of hydrogen-bond acceptors (Lipinski definition) is 6. The van der Waals surface area contributed by atoms with Crippen LogP contribution >= 0.6 is 11.7 Å². The summed E-state index contributed by atoms with van der Waals surface area (Å²) in [7, 11) is 0. The van der Waals surface area contributed by atoms with E-state index in [9.17, 15) is 9.59 Å². The predicted molar refractivity (Wildman–Crippen MR) is 107 cm³/mol. The molecule has 144 valence electrons. The number of carbonyl (C=O) groups excluding carboxylic acids is 1. The van der Waals surface area contributed by atoms with Crippen LogP contribution in [0.4, 0.5) is 0 Å². The van der Waals surface area contributed by atoms with E-state index in [1.807, 2.05) is 17.0 Å². The monoisotopic (exact) mass is 395 g/mol. The lowest BCUT2D eigenvalue weighted by molar-refractivity contribution is 0.0720. The summed E-state index contributed by atoms with van der Waals surface area (Å²) in [6.07, 6.45) is 5.96. The van der Waals surface area contributed by atoms with Gasteiger partial charge in [0.15, 0.2) is 0 Å². The maximum Gasteiger partial charge on any atom is 0.267 e. The highest BCUT2D eigenvalue weighted by Crippen LogP contribution is 2.23. The third-order valence-corrected chi connectivity index (χ3v) is 6.35. The molecule has 8 heteroatoms. The fourth-order valence-electron chi connectivity index (χ4n) is 4.31. The number of fused-ring (bicyclic) bond motifs is 2. The Balaban J connectivity index is 1.39. The van der Waals surface area contributed by atoms with Crippen molar-refractivity contribution in [2.24, 2.45) is 0 Å². The first-order valence-corrected chi connectivity index (χ1v) is 10.6. The van der Waals surface area contributed by atoms with Gasteiger partial charge in [-0.15, -0.1) is 0 Å². The normalized spacial score (nSPS) is 19.1. The van der Waals surface area contributed by atoms with Gasteiger partial charge in [0.05, 0.1) is 30.0 Å². The van der Waals surface area contributed by atoms with E-state index < -0.39 is 0 Å². The Morgan fingerprint density at radius 1 is 1.11 bits per heavy atom. The van der Waals surface area contributed by atoms with Crippen molar-refractivity contribution in [2.75, 3.05) is 6.54 Å². The molecular formula is C20H21N5O2S. The van der Waals surface area contributed by atoms with Crippen molar-refractivity contribution in [3.05, 3.63) is 51.4 Å². The first-order valence-electron chi connectivity index (χ1n) is 9.82. The third-order valence-electron chi connectivity index (χ3n) is 5.80. The van der Waals surface area contributed by atoms with Crippen molar-refractivity contribution in [3.63, 3.8) is 0 Å². The largest absolute Gasteiger partial charge is 0.334 e. The van der Waals surface area contributed by atoms with Crippen LogP contribution < -0.4 is 5.56 Å². The molecule has 7 nitrogen and oxygen atoms in total. The number of nitrogens with zero attached hydrogens (tertiary/aromatic N) is 5. The topological polar surface area (TPSA) is 81.0 Å². The molecule has 3 aromatic rings. The highest BCUT2D eigenvalue weighted by Gasteiger charge is 2.30. The smallest absolute Gasteiger partial charge is 0.267 e. The van der Waals surface area contributed by atoms with Gasteiger partial charge >= 0.3 is 0 Å². The van der Waals surface area contributed by atoms with Crippen LogP contribution in [0.2, 0.25) is 0 Å². The van der Waals surface area contributed by atoms with E-state index in [1.165, 1.54) is 0 Å². The SMILES string of the molecule is O=C(c1ccc2nsnc2c1)N1CCCC1Cn1nc2c(cc1=O)CCCC2. The Morgan fingerprint density at radius 2 is 1.96 bits per heavy atom. The number of carbonyl (C=O) groups is 1. The molecular weight excluding hydrogens is 374 g/mol. The Morgan fingerprint density at radius 3 is 2.89 bits per heavy atom. The molecule has 0 bridgehead atoms. The molecule has 1 aliphatic heterocycles. The Labute approximate surface area is 166 Å². The summed E-state index contributed by atoms with van der Waals surface area (Å²) in [6.45, 7) is 1.16. The van der Waals surface area contributed by atoms with Crippen molar-refractivity contribution in [2.45, 2.75) is 51.1 Å². The van der Waals surface area contributed by atoms with Crippen molar-refractivity contribution in [1.29, 1.82) is 0 Å². The van der Waals surface area contributed by atoms with Crippen LogP contribution in [0.25, 0.3) is 11.0 Å². The minimum absolute atomic E-state index is 0.0106. The maximum atomic E-state index is 13.1. The fraction of sp³-hybridized carbons (Fsp3) is 0.450. The van der Waals surface area contributed by atoms with Crippen LogP contribution in [0.15, 0.2) is 29.1 Å². The highest BCUT2D eigenvalue weighted by atomic mass is 32.1. The first-order chi connectivity index (χ1) is 13.7. The molecule has 1 aliphatic carbocycles. The van der Waals surface area contributed by atoms with Crippen LogP contribution in [0.1, 0.15) is 47.3 Å². The van der Waals surface area contributed by atoms with Crippen molar-refractivity contribution in [1.82, 2.24) is 23.4 Å². The quantitative estimate of drug-likeness (QED) is 0.680. The van der Waals surface area contributed by atoms with E-state index in [0.29, 0.717) is 18.7 Å². The molecule has 5 rings (SSSR count). The summed E-state index contributed by atoms with van der Waals surface area (Å²) in [6, 6.07) is 7.19. The molecule has 1 unspecified atom stereocenters. The molecule has 0 spiro atoms. The van der Waals surface area contributed by atoms with E-state index >= 15 is 0 Å². The second-order valence-electron chi connectivity index (χ2n) is 7.61. The number of hydrogen-bond donors (Lipinski definition) is 0. The van der Waals surface area contributed by atoms with Crippen molar-refractivity contribution in [3.8, 4) is 0 Å². The van der Waals surface area contributed by atoms with E-state index in [4.69, 9.17) is 0 Å². The minimum atomic E-state index is -0.0603. The van der Waals surface area contributed by atoms with Crippen LogP contribution in [0.5, 0.6) is 0 Å². The minimum Gasteiger partial charge on any atom is -0.334 e. The molecule has 28 heavy (non-hydrogen) atoms. The number of rotatable bonds is 3. The molecule has 1 saturated heterocycles. The van der Waals surface area contributed by atoms with Gasteiger partial charge in [0.1, 0.15) is 11.0 Å². The number of likely N-dealkylation sites (tertiary alicyclic amines) is 1. The zero-order chi connectivity index (χ0) is 19.1. The number of aromatic nitrogens is 4. The van der Waals surface area contributed by atoms with Gasteiger partial charge < -0.3 is 4.90 Å². The van der Waals surface area contributed by atoms with Gasteiger partial charge in [-0.3, -0.25) is 9.59 Å². The number of benzene rings is 1. The van der Waals surface area contributed by atoms with Gasteiger partial charge in [0.2, 0.25) is 0 Å². The Hall–Kier alpha value is -2.61. The number of amides is 1. The lowest BCUT2D eigenvalue weighted by Crippen LogP contribution is -2.41. The second-order valence-corrected chi connectivity index (χ2v) is 8.13. The summed E-state index contributed by atoms with van der Waals surface area (Å²) >= 11 is 1.15. The molecule has 1 atom stereocenters. The predicted octanol–water partition coefficient (Wildman–Crippen LogP) is 2.43. The van der Waals surface area contributed by atoms with Gasteiger partial charge in [-0.05, 0) is 62.3 Å². The van der Waals surface area contributed by atoms with Gasteiger partial charge in [-0.2, -0.15) is 13.8 Å². The van der Waals surface area contributed by atoms with Crippen LogP contribution in [-0.4, -0.2) is 41.9 Å². The molecule has 2 aromatic heterocycles. The Bertz CT molecular complexity index is 1110. The standard InChI is InChI=1S/C20H21N5O2S/c26-19-11-13-4-1-2-6-16(13)21-25(19)12-15-5-3-9-24(15)20(27)14-7-8-17-18(10-14)23-28-22-17/h7-8,10-11,15H,1-6,9,12H2. The summed E-state index contributed by atoms with van der Waals surface area (Å²) < 4.78 is 9.99. The zero-order valence-corrected chi connectivity index (χ0v) is 16.3. The van der Waals surface area contributed by atoms with Crippen LogP contribution in [0, 0.1) is 0 Å². The molecule has 1 aromatic carbocycles. The molecule has 1 amide bonds. The summed E-state index contributed by atoms with van der Waals surface area (Å²) in [5.41, 5.74) is 4.26. The first kappa shape index (κ1) is 17.5. The summed E-state index contributed by atoms with van der Waals surface area (Å²) in [4.78, 5) is 27.5. The van der Waals surface area contributed by atoms with Gasteiger partial charge in [0, 0.05) is 18.2 Å². The zero-order valence-electron chi connectivity index (χ0n) is 15.5. The van der Waals surface area contributed by atoms with Gasteiger partial charge in [0.25, 0.3) is 11.5 Å².